The van der Waals surface area contributed by atoms with Gasteiger partial charge in [0.2, 0.25) is 0 Å². The fourth-order valence-corrected chi connectivity index (χ4v) is 8.34. The summed E-state index contributed by atoms with van der Waals surface area (Å²) in [7, 11) is 1.37. The average molecular weight is 945 g/mol. The molecule has 0 bridgehead atoms. The molecule has 0 radical (unpaired) electrons. The van der Waals surface area contributed by atoms with Crippen molar-refractivity contribution < 1.29 is 57.0 Å². The highest BCUT2D eigenvalue weighted by molar-refractivity contribution is 5.76. The number of ether oxygens (including phenoxy) is 5. The van der Waals surface area contributed by atoms with Crippen LogP contribution in [0.1, 0.15) is 36.6 Å². The van der Waals surface area contributed by atoms with Crippen molar-refractivity contribution in [3.8, 4) is 34.4 Å². The van der Waals surface area contributed by atoms with Gasteiger partial charge in [-0.2, -0.15) is 9.97 Å². The number of aliphatic carboxylic acids is 1. The number of carboxylic acids is 1. The predicted molar refractivity (Wildman–Crippen MR) is 249 cm³/mol. The van der Waals surface area contributed by atoms with Crippen LogP contribution >= 0.6 is 0 Å². The molecule has 4 aromatic carbocycles. The van der Waals surface area contributed by atoms with E-state index in [0.29, 0.717) is 100 Å². The van der Waals surface area contributed by atoms with Crippen LogP contribution in [0.15, 0.2) is 118 Å². The normalized spacial score (nSPS) is 17.4. The van der Waals surface area contributed by atoms with Crippen LogP contribution in [-0.4, -0.2) is 119 Å². The number of likely N-dealkylation sites (tertiary alicyclic amines) is 2. The zero-order valence-corrected chi connectivity index (χ0v) is 38.8. The Hall–Kier alpha value is -7.76. The highest BCUT2D eigenvalue weighted by Gasteiger charge is 2.41. The number of benzene rings is 4. The lowest BCUT2D eigenvalue weighted by Gasteiger charge is -2.16. The van der Waals surface area contributed by atoms with Crippen molar-refractivity contribution in [3.05, 3.63) is 132 Å². The van der Waals surface area contributed by atoms with Crippen LogP contribution in [-0.2, 0) is 49.5 Å². The fraction of sp³-hybridized carbons (Fsp3) is 0.373. The Morgan fingerprint density at radius 3 is 1.49 bits per heavy atom. The number of hydrogen-bond donors (Lipinski definition) is 1. The first-order valence-corrected chi connectivity index (χ1v) is 22.9. The summed E-state index contributed by atoms with van der Waals surface area (Å²) in [6.07, 6.45) is 1.25. The van der Waals surface area contributed by atoms with Crippen LogP contribution in [0.5, 0.6) is 11.5 Å². The number of methoxy groups -OCH3 is 1. The van der Waals surface area contributed by atoms with E-state index < -0.39 is 30.0 Å². The van der Waals surface area contributed by atoms with Gasteiger partial charge in [0.25, 0.3) is 11.8 Å². The van der Waals surface area contributed by atoms with Crippen molar-refractivity contribution in [3.63, 3.8) is 0 Å². The summed E-state index contributed by atoms with van der Waals surface area (Å²) in [5.41, 5.74) is 3.70. The van der Waals surface area contributed by atoms with E-state index in [-0.39, 0.29) is 31.0 Å². The van der Waals surface area contributed by atoms with Crippen LogP contribution in [0.25, 0.3) is 22.9 Å². The van der Waals surface area contributed by atoms with E-state index in [1.807, 2.05) is 109 Å². The van der Waals surface area contributed by atoms with Crippen molar-refractivity contribution in [1.29, 1.82) is 0 Å². The van der Waals surface area contributed by atoms with Crippen molar-refractivity contribution in [2.24, 2.45) is 23.7 Å². The van der Waals surface area contributed by atoms with Gasteiger partial charge in [0.1, 0.15) is 11.5 Å². The molecule has 2 amide bonds. The summed E-state index contributed by atoms with van der Waals surface area (Å²) in [5.74, 6) is 0.956. The molecule has 2 saturated heterocycles. The molecule has 69 heavy (non-hydrogen) atoms. The zero-order chi connectivity index (χ0) is 48.5. The van der Waals surface area contributed by atoms with Crippen LogP contribution in [0, 0.1) is 23.7 Å². The lowest BCUT2D eigenvalue weighted by Crippen LogP contribution is -2.30. The van der Waals surface area contributed by atoms with Gasteiger partial charge in [0, 0.05) is 50.1 Å². The molecular formula is C51H56N6O12. The summed E-state index contributed by atoms with van der Waals surface area (Å²) in [6, 6.07) is 34.5. The van der Waals surface area contributed by atoms with Gasteiger partial charge in [-0.1, -0.05) is 71.0 Å². The molecule has 0 unspecified atom stereocenters. The Morgan fingerprint density at radius 2 is 1.06 bits per heavy atom. The first kappa shape index (κ1) is 49.2. The maximum absolute atomic E-state index is 12.3. The number of aromatic nitrogens is 4. The monoisotopic (exact) mass is 944 g/mol. The molecule has 362 valence electrons. The molecule has 2 fully saturated rings. The Labute approximate surface area is 399 Å². The SMILES string of the molecule is CCOC(=O)N1C[C@@H](Cc2cccc(OCCc3noc(-c4ccccc4)n3)c2)[C@@H](C(=O)O)C1.CCOC(=O)N1C[C@@H](Cc2cccc(OCCc3noc(-c4ccccc4)n3)c2)[C@@H](C(=O)OC)C1. The number of carbonyl (C=O) groups excluding carboxylic acids is 3. The van der Waals surface area contributed by atoms with Gasteiger partial charge in [-0.15, -0.1) is 0 Å². The largest absolute Gasteiger partial charge is 0.493 e. The number of amides is 2. The van der Waals surface area contributed by atoms with Crippen molar-refractivity contribution in [2.75, 3.05) is 59.7 Å². The second-order valence-electron chi connectivity index (χ2n) is 16.5. The third kappa shape index (κ3) is 13.7. The second-order valence-corrected chi connectivity index (χ2v) is 16.5. The van der Waals surface area contributed by atoms with Crippen LogP contribution < -0.4 is 9.47 Å². The van der Waals surface area contributed by atoms with Gasteiger partial charge in [-0.3, -0.25) is 9.59 Å². The van der Waals surface area contributed by atoms with E-state index in [0.717, 1.165) is 22.3 Å². The van der Waals surface area contributed by atoms with Crippen molar-refractivity contribution >= 4 is 24.1 Å². The lowest BCUT2D eigenvalue weighted by atomic mass is 9.89. The first-order chi connectivity index (χ1) is 33.6. The van der Waals surface area contributed by atoms with E-state index in [2.05, 4.69) is 20.3 Å². The molecule has 18 heteroatoms. The van der Waals surface area contributed by atoms with E-state index in [4.69, 9.17) is 32.7 Å². The highest BCUT2D eigenvalue weighted by Crippen LogP contribution is 2.31. The molecular weight excluding hydrogens is 889 g/mol. The molecule has 6 aromatic rings. The number of nitrogens with zero attached hydrogens (tertiary/aromatic N) is 6. The summed E-state index contributed by atoms with van der Waals surface area (Å²) in [6.45, 7) is 6.04. The predicted octanol–water partition coefficient (Wildman–Crippen LogP) is 7.47. The first-order valence-electron chi connectivity index (χ1n) is 22.9. The number of carbonyl (C=O) groups is 4. The summed E-state index contributed by atoms with van der Waals surface area (Å²) >= 11 is 0. The Kier molecular flexibility index (Phi) is 17.3. The standard InChI is InChI=1S/C26H29N3O6.C25H27N3O6/c1-3-33-26(31)29-16-20(22(17-29)25(30)32-2)14-18-8-7-11-21(15-18)34-13-12-23-27-24(35-28-23)19-9-5-4-6-10-19;1-2-32-25(31)28-15-19(21(16-28)24(29)30)13-17-7-6-10-20(14-17)33-12-11-22-26-23(34-27-22)18-8-4-3-5-9-18/h4-11,15,20,22H,3,12-14,16-17H2,1-2H3;3-10,14,19,21H,2,11-13,15-16H2,1H3,(H,29,30)/t20-,22+;19-,21+/m11/s1. The topological polar surface area (TPSA) is 219 Å². The maximum Gasteiger partial charge on any atom is 0.409 e. The van der Waals surface area contributed by atoms with E-state index >= 15 is 0 Å². The molecule has 2 aromatic heterocycles. The minimum Gasteiger partial charge on any atom is -0.493 e. The fourth-order valence-electron chi connectivity index (χ4n) is 8.34. The number of carboxylic acid groups (broad SMARTS) is 1. The Morgan fingerprint density at radius 1 is 0.609 bits per heavy atom. The molecule has 4 heterocycles. The van der Waals surface area contributed by atoms with Gasteiger partial charge in [0.05, 0.1) is 45.4 Å². The van der Waals surface area contributed by atoms with Gasteiger partial charge < -0.3 is 47.6 Å². The lowest BCUT2D eigenvalue weighted by molar-refractivity contribution is -0.146. The molecule has 2 aliphatic rings. The minimum atomic E-state index is -0.904. The highest BCUT2D eigenvalue weighted by atomic mass is 16.6. The number of hydrogen-bond acceptors (Lipinski definition) is 15. The molecule has 0 spiro atoms. The zero-order valence-electron chi connectivity index (χ0n) is 38.8. The number of esters is 1. The third-order valence-electron chi connectivity index (χ3n) is 11.7. The number of rotatable bonds is 18. The average Bonchev–Trinajstić information content (AvgIpc) is 4.21. The smallest absolute Gasteiger partial charge is 0.409 e. The van der Waals surface area contributed by atoms with Gasteiger partial charge in [-0.05, 0) is 98.2 Å². The van der Waals surface area contributed by atoms with E-state index in [1.54, 1.807) is 18.7 Å². The molecule has 4 atom stereocenters. The molecule has 18 nitrogen and oxygen atoms in total. The Bertz CT molecular complexity index is 2610. The third-order valence-corrected chi connectivity index (χ3v) is 11.7. The van der Waals surface area contributed by atoms with Gasteiger partial charge in [-0.25, -0.2) is 9.59 Å². The maximum atomic E-state index is 12.3. The summed E-state index contributed by atoms with van der Waals surface area (Å²) < 4.78 is 37.6. The van der Waals surface area contributed by atoms with Gasteiger partial charge in [0.15, 0.2) is 11.6 Å². The molecule has 2 aliphatic heterocycles. The Balaban J connectivity index is 0.000000204. The van der Waals surface area contributed by atoms with Crippen molar-refractivity contribution in [1.82, 2.24) is 30.1 Å². The van der Waals surface area contributed by atoms with E-state index in [9.17, 15) is 24.3 Å². The second kappa shape index (κ2) is 24.3. The van der Waals surface area contributed by atoms with Crippen molar-refractivity contribution in [2.45, 2.75) is 39.5 Å². The molecule has 0 saturated carbocycles. The van der Waals surface area contributed by atoms with Gasteiger partial charge >= 0.3 is 24.1 Å². The summed E-state index contributed by atoms with van der Waals surface area (Å²) in [4.78, 5) is 60.2. The summed E-state index contributed by atoms with van der Waals surface area (Å²) in [5, 5.41) is 17.7. The molecule has 1 N–H and O–H groups in total. The quantitative estimate of drug-likeness (QED) is 0.0653. The minimum absolute atomic E-state index is 0.0714. The molecule has 8 rings (SSSR count). The van der Waals surface area contributed by atoms with Crippen LogP contribution in [0.3, 0.4) is 0 Å². The van der Waals surface area contributed by atoms with E-state index in [1.165, 1.54) is 12.0 Å². The van der Waals surface area contributed by atoms with Crippen LogP contribution in [0.2, 0.25) is 0 Å². The van der Waals surface area contributed by atoms with Crippen LogP contribution in [0.4, 0.5) is 9.59 Å². The molecule has 0 aliphatic carbocycles.